The molecule has 4 aromatic rings. The van der Waals surface area contributed by atoms with E-state index in [9.17, 15) is 8.78 Å². The average Bonchev–Trinajstić information content (AvgIpc) is 3.25. The molecule has 1 aliphatic heterocycles. The number of nitrogens with zero attached hydrogens (tertiary/aromatic N) is 6. The van der Waals surface area contributed by atoms with Crippen LogP contribution in [0.25, 0.3) is 17.0 Å². The first kappa shape index (κ1) is 21.0. The summed E-state index contributed by atoms with van der Waals surface area (Å²) in [6.07, 6.45) is -2.83. The highest BCUT2D eigenvalue weighted by atomic mass is 19.3. The highest BCUT2D eigenvalue weighted by Crippen LogP contribution is 2.29. The molecule has 0 spiro atoms. The fraction of sp³-hybridized carbons (Fsp3) is 0.273. The van der Waals surface area contributed by atoms with Gasteiger partial charge in [0.25, 0.3) is 6.43 Å². The number of anilines is 1. The van der Waals surface area contributed by atoms with Crippen molar-refractivity contribution in [1.82, 2.24) is 24.5 Å². The summed E-state index contributed by atoms with van der Waals surface area (Å²) in [5.74, 6) is 0.870. The Bertz CT molecular complexity index is 1280. The number of imidazole rings is 1. The quantitative estimate of drug-likeness (QED) is 0.435. The number of alkyl halides is 2. The van der Waals surface area contributed by atoms with Gasteiger partial charge in [-0.1, -0.05) is 18.2 Å². The van der Waals surface area contributed by atoms with E-state index in [4.69, 9.17) is 14.2 Å². The second-order valence-corrected chi connectivity index (χ2v) is 7.19. The van der Waals surface area contributed by atoms with Crippen molar-refractivity contribution in [3.63, 3.8) is 0 Å². The lowest BCUT2D eigenvalue weighted by molar-refractivity contribution is 0.122. The van der Waals surface area contributed by atoms with Crippen LogP contribution in [0.3, 0.4) is 0 Å². The first-order chi connectivity index (χ1) is 16.1. The van der Waals surface area contributed by atoms with Crippen LogP contribution in [0.15, 0.2) is 48.5 Å². The zero-order valence-electron chi connectivity index (χ0n) is 17.7. The van der Waals surface area contributed by atoms with Crippen molar-refractivity contribution in [2.24, 2.45) is 0 Å². The maximum Gasteiger partial charge on any atom is 0.328 e. The molecule has 33 heavy (non-hydrogen) atoms. The molecule has 0 bridgehead atoms. The van der Waals surface area contributed by atoms with Gasteiger partial charge in [0.15, 0.2) is 5.82 Å². The van der Waals surface area contributed by atoms with Crippen molar-refractivity contribution in [2.75, 3.05) is 38.3 Å². The fourth-order valence-corrected chi connectivity index (χ4v) is 3.56. The second-order valence-electron chi connectivity index (χ2n) is 7.19. The molecule has 11 heteroatoms. The van der Waals surface area contributed by atoms with Crippen molar-refractivity contribution in [1.29, 1.82) is 0 Å². The van der Waals surface area contributed by atoms with E-state index < -0.39 is 12.2 Å². The summed E-state index contributed by atoms with van der Waals surface area (Å²) in [5.41, 5.74) is 0.871. The van der Waals surface area contributed by atoms with Gasteiger partial charge in [0.2, 0.25) is 11.9 Å². The Labute approximate surface area is 187 Å². The van der Waals surface area contributed by atoms with Gasteiger partial charge >= 0.3 is 6.01 Å². The molecule has 0 saturated carbocycles. The van der Waals surface area contributed by atoms with Crippen molar-refractivity contribution < 1.29 is 23.0 Å². The Balaban J connectivity index is 1.65. The van der Waals surface area contributed by atoms with E-state index in [2.05, 4.69) is 19.9 Å². The highest BCUT2D eigenvalue weighted by molar-refractivity contribution is 5.77. The summed E-state index contributed by atoms with van der Waals surface area (Å²) in [7, 11) is 1.55. The van der Waals surface area contributed by atoms with E-state index >= 15 is 0 Å². The van der Waals surface area contributed by atoms with Crippen LogP contribution in [-0.4, -0.2) is 57.9 Å². The predicted octanol–water partition coefficient (Wildman–Crippen LogP) is 3.79. The number of hydrogen-bond acceptors (Lipinski definition) is 8. The molecule has 2 aromatic heterocycles. The molecule has 0 atom stereocenters. The van der Waals surface area contributed by atoms with Gasteiger partial charge in [-0.25, -0.2) is 13.8 Å². The number of benzene rings is 2. The SMILES string of the molecule is COc1cccc(Oc2nc(N3CCOCC3)nc(-n3c(C(F)F)nc4ccccc43)n2)c1. The first-order valence-corrected chi connectivity index (χ1v) is 10.3. The molecule has 0 amide bonds. The minimum Gasteiger partial charge on any atom is -0.497 e. The van der Waals surface area contributed by atoms with Gasteiger partial charge in [-0.2, -0.15) is 15.0 Å². The second kappa shape index (κ2) is 8.94. The molecule has 170 valence electrons. The summed E-state index contributed by atoms with van der Waals surface area (Å²) in [6, 6.07) is 13.7. The Kier molecular flexibility index (Phi) is 5.69. The van der Waals surface area contributed by atoms with E-state index in [0.717, 1.165) is 0 Å². The maximum absolute atomic E-state index is 13.9. The van der Waals surface area contributed by atoms with Crippen LogP contribution in [0, 0.1) is 0 Å². The van der Waals surface area contributed by atoms with Crippen molar-refractivity contribution in [3.05, 3.63) is 54.4 Å². The average molecular weight is 454 g/mol. The van der Waals surface area contributed by atoms with Crippen LogP contribution >= 0.6 is 0 Å². The van der Waals surface area contributed by atoms with Crippen LogP contribution in [0.5, 0.6) is 17.5 Å². The molecule has 0 aliphatic carbocycles. The van der Waals surface area contributed by atoms with Gasteiger partial charge < -0.3 is 19.1 Å². The fourth-order valence-electron chi connectivity index (χ4n) is 3.56. The van der Waals surface area contributed by atoms with E-state index in [1.807, 2.05) is 4.90 Å². The third-order valence-corrected chi connectivity index (χ3v) is 5.12. The molecule has 0 unspecified atom stereocenters. The first-order valence-electron chi connectivity index (χ1n) is 10.3. The molecular formula is C22H20F2N6O3. The maximum atomic E-state index is 13.9. The van der Waals surface area contributed by atoms with Crippen LogP contribution < -0.4 is 14.4 Å². The van der Waals surface area contributed by atoms with Gasteiger partial charge in [-0.15, -0.1) is 0 Å². The van der Waals surface area contributed by atoms with Gasteiger partial charge in [0.1, 0.15) is 11.5 Å². The number of morpholine rings is 1. The minimum absolute atomic E-state index is 0.00612. The lowest BCUT2D eigenvalue weighted by Gasteiger charge is -2.27. The molecule has 9 nitrogen and oxygen atoms in total. The standard InChI is InChI=1S/C22H20F2N6O3/c1-31-14-5-4-6-15(13-14)33-22-27-20(29-9-11-32-12-10-29)26-21(28-22)30-17-8-3-2-7-16(17)25-19(30)18(23)24/h2-8,13,18H,9-12H2,1H3. The molecule has 1 fully saturated rings. The Hall–Kier alpha value is -3.86. The van der Waals surface area contributed by atoms with E-state index in [-0.39, 0.29) is 12.0 Å². The Morgan fingerprint density at radius 1 is 0.909 bits per heavy atom. The monoisotopic (exact) mass is 454 g/mol. The zero-order chi connectivity index (χ0) is 22.8. The van der Waals surface area contributed by atoms with Crippen LogP contribution in [0.1, 0.15) is 12.2 Å². The number of para-hydroxylation sites is 2. The molecule has 1 aliphatic rings. The minimum atomic E-state index is -2.83. The molecule has 1 saturated heterocycles. The number of rotatable bonds is 6. The molecule has 2 aromatic carbocycles. The summed E-state index contributed by atoms with van der Waals surface area (Å²) in [5, 5.41) is 0. The largest absolute Gasteiger partial charge is 0.497 e. The molecular weight excluding hydrogens is 434 g/mol. The predicted molar refractivity (Wildman–Crippen MR) is 116 cm³/mol. The number of halogens is 2. The molecule has 0 N–H and O–H groups in total. The van der Waals surface area contributed by atoms with Gasteiger partial charge in [0.05, 0.1) is 31.4 Å². The third kappa shape index (κ3) is 4.27. The zero-order valence-corrected chi connectivity index (χ0v) is 17.7. The van der Waals surface area contributed by atoms with Crippen molar-refractivity contribution >= 4 is 17.0 Å². The number of methoxy groups -OCH3 is 1. The summed E-state index contributed by atoms with van der Waals surface area (Å²) in [6.45, 7) is 2.11. The van der Waals surface area contributed by atoms with Crippen LogP contribution in [0.2, 0.25) is 0 Å². The summed E-state index contributed by atoms with van der Waals surface area (Å²) < 4.78 is 45.6. The molecule has 3 heterocycles. The number of hydrogen-bond donors (Lipinski definition) is 0. The normalized spacial score (nSPS) is 14.1. The van der Waals surface area contributed by atoms with Gasteiger partial charge in [-0.05, 0) is 24.3 Å². The van der Waals surface area contributed by atoms with E-state index in [1.165, 1.54) is 4.57 Å². The highest BCUT2D eigenvalue weighted by Gasteiger charge is 2.24. The topological polar surface area (TPSA) is 87.4 Å². The van der Waals surface area contributed by atoms with E-state index in [1.54, 1.807) is 55.6 Å². The van der Waals surface area contributed by atoms with Gasteiger partial charge in [0, 0.05) is 19.2 Å². The van der Waals surface area contributed by atoms with Crippen LogP contribution in [0.4, 0.5) is 14.7 Å². The number of ether oxygens (including phenoxy) is 3. The van der Waals surface area contributed by atoms with Gasteiger partial charge in [-0.3, -0.25) is 4.57 Å². The smallest absolute Gasteiger partial charge is 0.328 e. The van der Waals surface area contributed by atoms with E-state index in [0.29, 0.717) is 54.8 Å². The lowest BCUT2D eigenvalue weighted by Crippen LogP contribution is -2.37. The van der Waals surface area contributed by atoms with Crippen molar-refractivity contribution in [2.45, 2.75) is 6.43 Å². The van der Waals surface area contributed by atoms with Crippen LogP contribution in [-0.2, 0) is 4.74 Å². The summed E-state index contributed by atoms with van der Waals surface area (Å²) in [4.78, 5) is 19.3. The summed E-state index contributed by atoms with van der Waals surface area (Å²) >= 11 is 0. The number of fused-ring (bicyclic) bond motifs is 1. The molecule has 5 rings (SSSR count). The lowest BCUT2D eigenvalue weighted by atomic mass is 10.3. The van der Waals surface area contributed by atoms with Crippen molar-refractivity contribution in [3.8, 4) is 23.5 Å². The molecule has 0 radical (unpaired) electrons. The Morgan fingerprint density at radius 3 is 2.45 bits per heavy atom. The third-order valence-electron chi connectivity index (χ3n) is 5.12. The Morgan fingerprint density at radius 2 is 1.67 bits per heavy atom. The number of aromatic nitrogens is 5.